The number of Topliss-reactive ketones (excluding diaryl/α,β-unsaturated/α-hetero) is 1. The summed E-state index contributed by atoms with van der Waals surface area (Å²) in [6.07, 6.45) is 3.72. The van der Waals surface area contributed by atoms with Gasteiger partial charge in [-0.25, -0.2) is 0 Å². The van der Waals surface area contributed by atoms with Crippen LogP contribution >= 0.6 is 0 Å². The molecule has 1 saturated carbocycles. The Morgan fingerprint density at radius 2 is 1.43 bits per heavy atom. The molecule has 1 aliphatic carbocycles. The molecule has 1 fully saturated rings. The topological polar surface area (TPSA) is 128 Å². The Balaban J connectivity index is 1.62. The van der Waals surface area contributed by atoms with Gasteiger partial charge in [0.05, 0.1) is 41.5 Å². The van der Waals surface area contributed by atoms with Crippen molar-refractivity contribution in [3.05, 3.63) is 71.3 Å². The molecule has 0 saturated heterocycles. The molecule has 0 heterocycles. The fourth-order valence-corrected chi connectivity index (χ4v) is 6.80. The molecule has 276 valence electrons. The fraction of sp³-hybridized carbons (Fsp3) is 0.475. The third-order valence-corrected chi connectivity index (χ3v) is 9.56. The van der Waals surface area contributed by atoms with Crippen molar-refractivity contribution in [1.82, 2.24) is 5.32 Å². The Morgan fingerprint density at radius 1 is 0.765 bits per heavy atom. The Labute approximate surface area is 300 Å². The highest BCUT2D eigenvalue weighted by Crippen LogP contribution is 2.43. The monoisotopic (exact) mass is 705 g/mol. The van der Waals surface area contributed by atoms with Crippen LogP contribution in [0.2, 0.25) is 0 Å². The summed E-state index contributed by atoms with van der Waals surface area (Å²) in [6, 6.07) is 16.6. The molecule has 11 nitrogen and oxygen atoms in total. The van der Waals surface area contributed by atoms with E-state index in [1.807, 2.05) is 49.4 Å². The van der Waals surface area contributed by atoms with Crippen LogP contribution in [0.15, 0.2) is 54.6 Å². The summed E-state index contributed by atoms with van der Waals surface area (Å²) < 4.78 is 39.6. The number of methoxy groups -OCH3 is 5. The second-order valence-corrected chi connectivity index (χ2v) is 12.5. The number of aryl methyl sites for hydroxylation is 1. The van der Waals surface area contributed by atoms with Gasteiger partial charge in [0, 0.05) is 18.9 Å². The zero-order chi connectivity index (χ0) is 36.9. The first kappa shape index (κ1) is 38.9. The van der Waals surface area contributed by atoms with Crippen molar-refractivity contribution in [3.8, 4) is 34.5 Å². The Kier molecular flexibility index (Phi) is 14.4. The minimum absolute atomic E-state index is 0.0000935. The molecule has 11 heteroatoms. The first-order valence-electron chi connectivity index (χ1n) is 17.4. The van der Waals surface area contributed by atoms with Crippen molar-refractivity contribution in [2.75, 3.05) is 49.2 Å². The zero-order valence-electron chi connectivity index (χ0n) is 30.7. The second-order valence-electron chi connectivity index (χ2n) is 12.5. The van der Waals surface area contributed by atoms with Crippen molar-refractivity contribution < 1.29 is 47.5 Å². The highest BCUT2D eigenvalue weighted by Gasteiger charge is 2.40. The number of rotatable bonds is 18. The predicted molar refractivity (Wildman–Crippen MR) is 192 cm³/mol. The molecule has 0 bridgehead atoms. The van der Waals surface area contributed by atoms with Gasteiger partial charge in [-0.05, 0) is 85.2 Å². The molecule has 1 N–H and O–H groups in total. The molecule has 4 rings (SSSR count). The van der Waals surface area contributed by atoms with Gasteiger partial charge in [-0.3, -0.25) is 14.4 Å². The summed E-state index contributed by atoms with van der Waals surface area (Å²) in [5, 5.41) is 2.55. The Hall–Kier alpha value is -4.93. The van der Waals surface area contributed by atoms with Crippen LogP contribution < -0.4 is 33.7 Å². The van der Waals surface area contributed by atoms with Gasteiger partial charge < -0.3 is 38.5 Å². The molecule has 0 aliphatic heterocycles. The number of hydrogen-bond acceptors (Lipinski definition) is 10. The van der Waals surface area contributed by atoms with E-state index in [1.165, 1.54) is 7.11 Å². The number of carbonyl (C=O) groups excluding carboxylic acids is 3. The van der Waals surface area contributed by atoms with Gasteiger partial charge >= 0.3 is 5.97 Å². The number of hydrogen-bond donors (Lipinski definition) is 1. The van der Waals surface area contributed by atoms with Crippen molar-refractivity contribution in [2.24, 2.45) is 11.8 Å². The molecular formula is C40H51NO10. The van der Waals surface area contributed by atoms with E-state index in [0.29, 0.717) is 66.6 Å². The maximum Gasteiger partial charge on any atom is 0.310 e. The summed E-state index contributed by atoms with van der Waals surface area (Å²) in [5.41, 5.74) is 2.44. The quantitative estimate of drug-likeness (QED) is 0.144. The summed E-state index contributed by atoms with van der Waals surface area (Å²) in [5.74, 6) is 0.841. The average Bonchev–Trinajstić information content (AvgIpc) is 3.17. The lowest BCUT2D eigenvalue weighted by atomic mass is 9.72. The summed E-state index contributed by atoms with van der Waals surface area (Å²) in [7, 11) is 9.34. The van der Waals surface area contributed by atoms with Gasteiger partial charge in [0.2, 0.25) is 5.75 Å². The minimum atomic E-state index is -0.649. The van der Waals surface area contributed by atoms with Gasteiger partial charge in [-0.1, -0.05) is 38.0 Å². The molecule has 1 unspecified atom stereocenters. The summed E-state index contributed by atoms with van der Waals surface area (Å²) >= 11 is 0. The lowest BCUT2D eigenvalue weighted by Crippen LogP contribution is -2.37. The van der Waals surface area contributed by atoms with Gasteiger partial charge in [0.25, 0.3) is 5.91 Å². The van der Waals surface area contributed by atoms with E-state index >= 15 is 0 Å². The van der Waals surface area contributed by atoms with Crippen LogP contribution in [0.3, 0.4) is 0 Å². The summed E-state index contributed by atoms with van der Waals surface area (Å²) in [6.45, 7) is 1.82. The van der Waals surface area contributed by atoms with Crippen LogP contribution in [0, 0.1) is 11.8 Å². The van der Waals surface area contributed by atoms with Crippen LogP contribution in [0.1, 0.15) is 74.2 Å². The number of benzene rings is 3. The van der Waals surface area contributed by atoms with Crippen molar-refractivity contribution >= 4 is 17.7 Å². The highest BCUT2D eigenvalue weighted by molar-refractivity contribution is 5.92. The number of esters is 1. The van der Waals surface area contributed by atoms with E-state index in [9.17, 15) is 14.4 Å². The fourth-order valence-electron chi connectivity index (χ4n) is 6.80. The molecule has 1 aliphatic rings. The molecule has 0 spiro atoms. The maximum atomic E-state index is 14.4. The largest absolute Gasteiger partial charge is 0.493 e. The maximum absolute atomic E-state index is 14.4. The first-order valence-corrected chi connectivity index (χ1v) is 17.4. The van der Waals surface area contributed by atoms with Crippen molar-refractivity contribution in [2.45, 2.75) is 63.9 Å². The van der Waals surface area contributed by atoms with Crippen molar-refractivity contribution in [1.29, 1.82) is 0 Å². The summed E-state index contributed by atoms with van der Waals surface area (Å²) in [4.78, 5) is 40.4. The SMILES string of the molecule is CC[C@H](C(=O)C1CCCC[C@H]1C(=O)O[C@H](CCc1ccc(OC)c(OC)c1)c1cccc(OCC(=O)NC)c1)c1cc(OC)c(OC)c(OC)c1. The normalized spacial score (nSPS) is 16.6. The van der Waals surface area contributed by atoms with Crippen LogP contribution in [-0.2, 0) is 25.5 Å². The van der Waals surface area contributed by atoms with E-state index < -0.39 is 29.8 Å². The van der Waals surface area contributed by atoms with Crippen LogP contribution in [-0.4, -0.2) is 66.9 Å². The van der Waals surface area contributed by atoms with Crippen LogP contribution in [0.4, 0.5) is 0 Å². The standard InChI is InChI=1S/C40H51NO10/c1-8-29(27-22-35(47-5)39(49-7)36(23-27)48-6)38(43)30-14-9-10-15-31(30)40(44)51-32(18-16-25-17-19-33(45-3)34(20-25)46-4)26-12-11-13-28(21-26)50-24-37(42)41-2/h11-13,17,19-23,29-32H,8-10,14-16,18,24H2,1-7H3,(H,41,42)/t29-,30?,31+,32+/m0/s1. The lowest BCUT2D eigenvalue weighted by Gasteiger charge is -2.33. The molecule has 0 aromatic heterocycles. The molecule has 3 aromatic rings. The van der Waals surface area contributed by atoms with Gasteiger partial charge in [0.1, 0.15) is 17.6 Å². The van der Waals surface area contributed by atoms with E-state index in [0.717, 1.165) is 29.5 Å². The Bertz CT molecular complexity index is 1610. The number of amides is 1. The van der Waals surface area contributed by atoms with E-state index in [4.69, 9.17) is 33.2 Å². The number of carbonyl (C=O) groups is 3. The van der Waals surface area contributed by atoms with Gasteiger partial charge in [-0.15, -0.1) is 0 Å². The smallest absolute Gasteiger partial charge is 0.310 e. The number of nitrogens with one attached hydrogen (secondary N) is 1. The Morgan fingerprint density at radius 3 is 2.04 bits per heavy atom. The minimum Gasteiger partial charge on any atom is -0.493 e. The highest BCUT2D eigenvalue weighted by atomic mass is 16.5. The zero-order valence-corrected chi connectivity index (χ0v) is 30.7. The number of ether oxygens (including phenoxy) is 7. The van der Waals surface area contributed by atoms with Gasteiger partial charge in [-0.2, -0.15) is 0 Å². The molecular weight excluding hydrogens is 654 g/mol. The lowest BCUT2D eigenvalue weighted by molar-refractivity contribution is -0.160. The van der Waals surface area contributed by atoms with Gasteiger partial charge in [0.15, 0.2) is 29.6 Å². The molecule has 1 amide bonds. The number of likely N-dealkylation sites (N-methyl/N-ethyl adjacent to an activating group) is 1. The molecule has 0 radical (unpaired) electrons. The third-order valence-electron chi connectivity index (χ3n) is 9.56. The number of ketones is 1. The van der Waals surface area contributed by atoms with Crippen molar-refractivity contribution in [3.63, 3.8) is 0 Å². The van der Waals surface area contributed by atoms with Crippen LogP contribution in [0.25, 0.3) is 0 Å². The second kappa shape index (κ2) is 18.9. The van der Waals surface area contributed by atoms with E-state index in [1.54, 1.807) is 47.6 Å². The molecule has 3 aromatic carbocycles. The third kappa shape index (κ3) is 9.65. The average molecular weight is 706 g/mol. The van der Waals surface area contributed by atoms with E-state index in [2.05, 4.69) is 5.32 Å². The van der Waals surface area contributed by atoms with E-state index in [-0.39, 0.29) is 18.3 Å². The predicted octanol–water partition coefficient (Wildman–Crippen LogP) is 6.64. The molecule has 4 atom stereocenters. The van der Waals surface area contributed by atoms with Crippen LogP contribution in [0.5, 0.6) is 34.5 Å². The first-order chi connectivity index (χ1) is 24.7. The molecule has 51 heavy (non-hydrogen) atoms.